The van der Waals surface area contributed by atoms with Crippen molar-refractivity contribution in [3.05, 3.63) is 53.6 Å². The summed E-state index contributed by atoms with van der Waals surface area (Å²) < 4.78 is 24.8. The molecule has 0 atom stereocenters. The van der Waals surface area contributed by atoms with Gasteiger partial charge < -0.3 is 10.2 Å². The minimum absolute atomic E-state index is 0.0979. The van der Waals surface area contributed by atoms with E-state index in [9.17, 15) is 13.2 Å². The maximum absolute atomic E-state index is 12.4. The van der Waals surface area contributed by atoms with Gasteiger partial charge in [-0.2, -0.15) is 0 Å². The standard InChI is InChI=1S/C20H23ClN2O3S/c21-16-8-10-17(11-9-16)27(25,26)15-12-20(24)22-18-6-2-3-7-19(18)23-13-4-1-5-14-23/h2-3,6-11H,1,4-5,12-15H2,(H,22,24). The molecule has 0 bridgehead atoms. The number of sulfone groups is 1. The van der Waals surface area contributed by atoms with Crippen LogP contribution in [-0.2, 0) is 14.6 Å². The number of hydrogen-bond donors (Lipinski definition) is 1. The van der Waals surface area contributed by atoms with Gasteiger partial charge in [0.05, 0.1) is 22.0 Å². The quantitative estimate of drug-likeness (QED) is 0.783. The number of piperidine rings is 1. The molecular weight excluding hydrogens is 384 g/mol. The van der Waals surface area contributed by atoms with Crippen LogP contribution in [0, 0.1) is 0 Å². The van der Waals surface area contributed by atoms with Gasteiger partial charge >= 0.3 is 0 Å². The number of para-hydroxylation sites is 2. The molecule has 2 aromatic carbocycles. The molecule has 144 valence electrons. The van der Waals surface area contributed by atoms with Crippen LogP contribution in [0.25, 0.3) is 0 Å². The average molecular weight is 407 g/mol. The molecule has 0 radical (unpaired) electrons. The van der Waals surface area contributed by atoms with E-state index in [1.807, 2.05) is 24.3 Å². The van der Waals surface area contributed by atoms with Crippen molar-refractivity contribution in [2.24, 2.45) is 0 Å². The van der Waals surface area contributed by atoms with Gasteiger partial charge in [-0.1, -0.05) is 23.7 Å². The average Bonchev–Trinajstić information content (AvgIpc) is 2.68. The fourth-order valence-corrected chi connectivity index (χ4v) is 4.56. The molecule has 1 aliphatic heterocycles. The van der Waals surface area contributed by atoms with Crippen LogP contribution in [0.4, 0.5) is 11.4 Å². The van der Waals surface area contributed by atoms with Gasteiger partial charge in [0.15, 0.2) is 9.84 Å². The second kappa shape index (κ2) is 8.76. The summed E-state index contributed by atoms with van der Waals surface area (Å²) >= 11 is 5.80. The first kappa shape index (κ1) is 19.7. The van der Waals surface area contributed by atoms with Gasteiger partial charge in [0, 0.05) is 24.5 Å². The van der Waals surface area contributed by atoms with Gasteiger partial charge in [-0.25, -0.2) is 8.42 Å². The zero-order valence-electron chi connectivity index (χ0n) is 15.0. The number of benzene rings is 2. The third-order valence-electron chi connectivity index (χ3n) is 4.65. The maximum Gasteiger partial charge on any atom is 0.225 e. The summed E-state index contributed by atoms with van der Waals surface area (Å²) in [6, 6.07) is 13.6. The van der Waals surface area contributed by atoms with Crippen LogP contribution in [0.1, 0.15) is 25.7 Å². The molecule has 27 heavy (non-hydrogen) atoms. The van der Waals surface area contributed by atoms with Gasteiger partial charge in [-0.05, 0) is 55.7 Å². The second-order valence-corrected chi connectivity index (χ2v) is 9.18. The summed E-state index contributed by atoms with van der Waals surface area (Å²) in [7, 11) is -3.52. The minimum Gasteiger partial charge on any atom is -0.370 e. The molecule has 2 aromatic rings. The third kappa shape index (κ3) is 5.23. The summed E-state index contributed by atoms with van der Waals surface area (Å²) in [6.07, 6.45) is 3.41. The van der Waals surface area contributed by atoms with Crippen LogP contribution in [-0.4, -0.2) is 33.2 Å². The molecule has 0 unspecified atom stereocenters. The molecular formula is C20H23ClN2O3S. The molecule has 7 heteroatoms. The van der Waals surface area contributed by atoms with Crippen molar-refractivity contribution >= 4 is 38.7 Å². The van der Waals surface area contributed by atoms with Crippen LogP contribution >= 0.6 is 11.6 Å². The van der Waals surface area contributed by atoms with E-state index in [1.165, 1.54) is 30.7 Å². The Bertz CT molecular complexity index is 892. The lowest BCUT2D eigenvalue weighted by molar-refractivity contribution is -0.115. The smallest absolute Gasteiger partial charge is 0.225 e. The van der Waals surface area contributed by atoms with Crippen molar-refractivity contribution in [2.75, 3.05) is 29.1 Å². The largest absolute Gasteiger partial charge is 0.370 e. The van der Waals surface area contributed by atoms with E-state index in [4.69, 9.17) is 11.6 Å². The lowest BCUT2D eigenvalue weighted by atomic mass is 10.1. The summed E-state index contributed by atoms with van der Waals surface area (Å²) in [5.74, 6) is -0.552. The molecule has 0 aliphatic carbocycles. The van der Waals surface area contributed by atoms with Crippen molar-refractivity contribution in [1.82, 2.24) is 0 Å². The number of carbonyl (C=O) groups is 1. The first-order chi connectivity index (χ1) is 13.0. The molecule has 0 aromatic heterocycles. The van der Waals surface area contributed by atoms with Crippen molar-refractivity contribution in [3.8, 4) is 0 Å². The fraction of sp³-hybridized carbons (Fsp3) is 0.350. The third-order valence-corrected chi connectivity index (χ3v) is 6.63. The molecule has 1 fully saturated rings. The monoisotopic (exact) mass is 406 g/mol. The zero-order chi connectivity index (χ0) is 19.3. The molecule has 1 heterocycles. The summed E-state index contributed by atoms with van der Waals surface area (Å²) in [5.41, 5.74) is 1.72. The lowest BCUT2D eigenvalue weighted by Crippen LogP contribution is -2.30. The van der Waals surface area contributed by atoms with Gasteiger partial charge in [-0.15, -0.1) is 0 Å². The molecule has 1 amide bonds. The highest BCUT2D eigenvalue weighted by Gasteiger charge is 2.18. The van der Waals surface area contributed by atoms with E-state index < -0.39 is 9.84 Å². The fourth-order valence-electron chi connectivity index (χ4n) is 3.19. The highest BCUT2D eigenvalue weighted by atomic mass is 35.5. The number of nitrogens with zero attached hydrogens (tertiary/aromatic N) is 1. The number of hydrogen-bond acceptors (Lipinski definition) is 4. The van der Waals surface area contributed by atoms with E-state index in [0.717, 1.165) is 37.3 Å². The molecule has 1 aliphatic rings. The van der Waals surface area contributed by atoms with E-state index in [1.54, 1.807) is 0 Å². The molecule has 3 rings (SSSR count). The molecule has 0 spiro atoms. The number of carbonyl (C=O) groups excluding carboxylic acids is 1. The lowest BCUT2D eigenvalue weighted by Gasteiger charge is -2.30. The topological polar surface area (TPSA) is 66.5 Å². The van der Waals surface area contributed by atoms with Crippen molar-refractivity contribution in [2.45, 2.75) is 30.6 Å². The highest BCUT2D eigenvalue weighted by molar-refractivity contribution is 7.91. The predicted octanol–water partition coefficient (Wildman–Crippen LogP) is 4.13. The van der Waals surface area contributed by atoms with Crippen LogP contribution in [0.3, 0.4) is 0 Å². The number of rotatable bonds is 6. The Morgan fingerprint density at radius 1 is 1.00 bits per heavy atom. The Morgan fingerprint density at radius 2 is 1.67 bits per heavy atom. The van der Waals surface area contributed by atoms with Crippen molar-refractivity contribution in [3.63, 3.8) is 0 Å². The van der Waals surface area contributed by atoms with Gasteiger partial charge in [0.25, 0.3) is 0 Å². The van der Waals surface area contributed by atoms with Gasteiger partial charge in [0.1, 0.15) is 0 Å². The minimum atomic E-state index is -3.52. The van der Waals surface area contributed by atoms with Gasteiger partial charge in [0.2, 0.25) is 5.91 Å². The molecule has 0 saturated carbocycles. The zero-order valence-corrected chi connectivity index (χ0v) is 16.6. The molecule has 1 N–H and O–H groups in total. The summed E-state index contributed by atoms with van der Waals surface area (Å²) in [4.78, 5) is 14.8. The van der Waals surface area contributed by atoms with Crippen LogP contribution in [0.5, 0.6) is 0 Å². The summed E-state index contributed by atoms with van der Waals surface area (Å²) in [6.45, 7) is 1.94. The Labute approximate surface area is 165 Å². The van der Waals surface area contributed by atoms with E-state index in [-0.39, 0.29) is 23.0 Å². The summed E-state index contributed by atoms with van der Waals surface area (Å²) in [5, 5.41) is 3.35. The Balaban J connectivity index is 1.63. The van der Waals surface area contributed by atoms with E-state index in [0.29, 0.717) is 5.02 Å². The van der Waals surface area contributed by atoms with Crippen LogP contribution < -0.4 is 10.2 Å². The molecule has 1 saturated heterocycles. The van der Waals surface area contributed by atoms with Gasteiger partial charge in [-0.3, -0.25) is 4.79 Å². The number of halogens is 1. The maximum atomic E-state index is 12.4. The predicted molar refractivity (Wildman–Crippen MR) is 109 cm³/mol. The SMILES string of the molecule is O=C(CCS(=O)(=O)c1ccc(Cl)cc1)Nc1ccccc1N1CCCCC1. The Morgan fingerprint density at radius 3 is 2.37 bits per heavy atom. The van der Waals surface area contributed by atoms with E-state index >= 15 is 0 Å². The van der Waals surface area contributed by atoms with E-state index in [2.05, 4.69) is 10.2 Å². The van der Waals surface area contributed by atoms with Crippen LogP contribution in [0.15, 0.2) is 53.4 Å². The number of nitrogens with one attached hydrogen (secondary N) is 1. The number of anilines is 2. The number of amides is 1. The Kier molecular flexibility index (Phi) is 6.39. The van der Waals surface area contributed by atoms with Crippen LogP contribution in [0.2, 0.25) is 5.02 Å². The first-order valence-electron chi connectivity index (χ1n) is 9.08. The van der Waals surface area contributed by atoms with Crippen molar-refractivity contribution < 1.29 is 13.2 Å². The van der Waals surface area contributed by atoms with Crippen molar-refractivity contribution in [1.29, 1.82) is 0 Å². The first-order valence-corrected chi connectivity index (χ1v) is 11.1. The Hall–Kier alpha value is -2.05. The molecule has 5 nitrogen and oxygen atoms in total. The second-order valence-electron chi connectivity index (χ2n) is 6.64. The normalized spacial score (nSPS) is 14.8. The highest BCUT2D eigenvalue weighted by Crippen LogP contribution is 2.28.